The lowest BCUT2D eigenvalue weighted by molar-refractivity contribution is -0.137. The minimum absolute atomic E-state index is 0.0866. The molecule has 1 heterocycles. The van der Waals surface area contributed by atoms with Crippen LogP contribution < -0.4 is 5.56 Å². The molecule has 27 heavy (non-hydrogen) atoms. The van der Waals surface area contributed by atoms with Gasteiger partial charge in [-0.25, -0.2) is 13.4 Å². The zero-order valence-corrected chi connectivity index (χ0v) is 15.0. The smallest absolute Gasteiger partial charge is 0.294 e. The number of hydrogen-bond acceptors (Lipinski definition) is 4. The van der Waals surface area contributed by atoms with Gasteiger partial charge in [0.25, 0.3) is 5.56 Å². The lowest BCUT2D eigenvalue weighted by Crippen LogP contribution is -2.22. The molecule has 0 unspecified atom stereocenters. The van der Waals surface area contributed by atoms with Crippen LogP contribution in [0.2, 0.25) is 0 Å². The molecular formula is C18H15F3N2O3S. The fourth-order valence-corrected chi connectivity index (χ4v) is 3.85. The fourth-order valence-electron chi connectivity index (χ4n) is 2.72. The molecule has 0 radical (unpaired) electrons. The summed E-state index contributed by atoms with van der Waals surface area (Å²) < 4.78 is 64.3. The molecular weight excluding hydrogens is 381 g/mol. The number of halogens is 3. The largest absolute Gasteiger partial charge is 0.416 e. The Balaban J connectivity index is 2.12. The van der Waals surface area contributed by atoms with E-state index in [1.807, 2.05) is 0 Å². The Labute approximate surface area is 153 Å². The van der Waals surface area contributed by atoms with E-state index in [9.17, 15) is 26.4 Å². The first kappa shape index (κ1) is 19.1. The van der Waals surface area contributed by atoms with Crippen LogP contribution in [-0.4, -0.2) is 23.7 Å². The molecule has 142 valence electrons. The van der Waals surface area contributed by atoms with Crippen LogP contribution >= 0.6 is 0 Å². The van der Waals surface area contributed by atoms with E-state index in [1.165, 1.54) is 19.3 Å². The van der Waals surface area contributed by atoms with E-state index in [-0.39, 0.29) is 28.1 Å². The summed E-state index contributed by atoms with van der Waals surface area (Å²) in [7, 11) is -3.51. The summed E-state index contributed by atoms with van der Waals surface area (Å²) in [4.78, 5) is 16.8. The first-order valence-corrected chi connectivity index (χ1v) is 9.66. The number of rotatable bonds is 4. The van der Waals surface area contributed by atoms with Gasteiger partial charge in [-0.1, -0.05) is 25.1 Å². The summed E-state index contributed by atoms with van der Waals surface area (Å²) >= 11 is 0. The Morgan fingerprint density at radius 2 is 1.81 bits per heavy atom. The Morgan fingerprint density at radius 3 is 2.48 bits per heavy atom. The average Bonchev–Trinajstić information content (AvgIpc) is 2.63. The molecule has 0 aliphatic rings. The molecule has 0 spiro atoms. The van der Waals surface area contributed by atoms with Crippen LogP contribution in [0.1, 0.15) is 18.1 Å². The predicted octanol–water partition coefficient (Wildman–Crippen LogP) is 3.26. The van der Waals surface area contributed by atoms with Crippen molar-refractivity contribution in [1.82, 2.24) is 9.55 Å². The highest BCUT2D eigenvalue weighted by Crippen LogP contribution is 2.30. The van der Waals surface area contributed by atoms with E-state index in [0.717, 1.165) is 22.8 Å². The molecule has 0 aliphatic carbocycles. The molecule has 2 aromatic carbocycles. The first-order valence-electron chi connectivity index (χ1n) is 8.00. The fraction of sp³-hybridized carbons (Fsp3) is 0.222. The van der Waals surface area contributed by atoms with Crippen LogP contribution in [0.25, 0.3) is 10.9 Å². The van der Waals surface area contributed by atoms with Crippen molar-refractivity contribution in [2.75, 3.05) is 5.75 Å². The van der Waals surface area contributed by atoms with Crippen molar-refractivity contribution in [1.29, 1.82) is 0 Å². The molecule has 0 fully saturated rings. The second-order valence-corrected chi connectivity index (χ2v) is 8.17. The van der Waals surface area contributed by atoms with Crippen LogP contribution in [0, 0.1) is 0 Å². The van der Waals surface area contributed by atoms with E-state index in [2.05, 4.69) is 4.98 Å². The molecule has 0 atom stereocenters. The van der Waals surface area contributed by atoms with Crippen molar-refractivity contribution >= 4 is 20.7 Å². The normalized spacial score (nSPS) is 12.4. The van der Waals surface area contributed by atoms with Gasteiger partial charge in [0.2, 0.25) is 0 Å². The van der Waals surface area contributed by atoms with Crippen LogP contribution in [0.4, 0.5) is 13.2 Å². The highest BCUT2D eigenvalue weighted by atomic mass is 32.2. The Kier molecular flexibility index (Phi) is 4.81. The van der Waals surface area contributed by atoms with Gasteiger partial charge in [-0.3, -0.25) is 9.36 Å². The van der Waals surface area contributed by atoms with Gasteiger partial charge in [0.1, 0.15) is 0 Å². The van der Waals surface area contributed by atoms with Crippen LogP contribution in [0.5, 0.6) is 0 Å². The third kappa shape index (κ3) is 3.73. The highest BCUT2D eigenvalue weighted by Gasteiger charge is 2.30. The van der Waals surface area contributed by atoms with Gasteiger partial charge < -0.3 is 0 Å². The van der Waals surface area contributed by atoms with Gasteiger partial charge in [0.05, 0.1) is 40.0 Å². The molecule has 3 rings (SSSR count). The van der Waals surface area contributed by atoms with E-state index >= 15 is 0 Å². The van der Waals surface area contributed by atoms with Crippen molar-refractivity contribution in [3.8, 4) is 0 Å². The Bertz CT molecular complexity index is 1170. The molecule has 0 aliphatic heterocycles. The average molecular weight is 396 g/mol. The lowest BCUT2D eigenvalue weighted by atomic mass is 10.1. The maximum atomic E-state index is 12.9. The van der Waals surface area contributed by atoms with Gasteiger partial charge >= 0.3 is 6.18 Å². The lowest BCUT2D eigenvalue weighted by Gasteiger charge is -2.12. The van der Waals surface area contributed by atoms with Crippen molar-refractivity contribution in [3.63, 3.8) is 0 Å². The predicted molar refractivity (Wildman–Crippen MR) is 94.3 cm³/mol. The van der Waals surface area contributed by atoms with Gasteiger partial charge in [-0.15, -0.1) is 0 Å². The van der Waals surface area contributed by atoms with Crippen molar-refractivity contribution < 1.29 is 21.6 Å². The highest BCUT2D eigenvalue weighted by molar-refractivity contribution is 7.91. The summed E-state index contributed by atoms with van der Waals surface area (Å²) in [6.07, 6.45) is -3.38. The maximum absolute atomic E-state index is 12.9. The van der Waals surface area contributed by atoms with Crippen molar-refractivity contribution in [3.05, 3.63) is 70.3 Å². The van der Waals surface area contributed by atoms with Crippen LogP contribution in [-0.2, 0) is 22.6 Å². The zero-order chi connectivity index (χ0) is 19.8. The first-order chi connectivity index (χ1) is 12.6. The molecule has 5 nitrogen and oxygen atoms in total. The van der Waals surface area contributed by atoms with Crippen LogP contribution in [0.3, 0.4) is 0 Å². The minimum atomic E-state index is -4.58. The number of fused-ring (bicyclic) bond motifs is 1. The molecule has 0 saturated heterocycles. The third-order valence-corrected chi connectivity index (χ3v) is 6.01. The van der Waals surface area contributed by atoms with E-state index in [0.29, 0.717) is 5.56 Å². The van der Waals surface area contributed by atoms with Crippen LogP contribution in [0.15, 0.2) is 58.5 Å². The standard InChI is InChI=1S/C18H15F3N2O3S/c1-2-27(25,26)16-6-4-3-5-12(16)10-23-11-22-15-8-7-13(18(19,20)21)9-14(15)17(23)24/h3-9,11H,2,10H2,1H3. The van der Waals surface area contributed by atoms with Gasteiger partial charge in [0.15, 0.2) is 9.84 Å². The van der Waals surface area contributed by atoms with E-state index < -0.39 is 27.1 Å². The van der Waals surface area contributed by atoms with Crippen molar-refractivity contribution in [2.24, 2.45) is 0 Å². The minimum Gasteiger partial charge on any atom is -0.294 e. The number of hydrogen-bond donors (Lipinski definition) is 0. The summed E-state index contributed by atoms with van der Waals surface area (Å²) in [5.41, 5.74) is -1.11. The maximum Gasteiger partial charge on any atom is 0.416 e. The third-order valence-electron chi connectivity index (χ3n) is 4.18. The van der Waals surface area contributed by atoms with E-state index in [1.54, 1.807) is 18.2 Å². The summed E-state index contributed by atoms with van der Waals surface area (Å²) in [5.74, 6) is -0.107. The number of benzene rings is 2. The number of alkyl halides is 3. The number of sulfone groups is 1. The van der Waals surface area contributed by atoms with E-state index in [4.69, 9.17) is 0 Å². The van der Waals surface area contributed by atoms with Gasteiger partial charge in [-0.05, 0) is 29.8 Å². The second kappa shape index (κ2) is 6.80. The quantitative estimate of drug-likeness (QED) is 0.679. The summed E-state index contributed by atoms with van der Waals surface area (Å²) in [5, 5.41) is -0.178. The van der Waals surface area contributed by atoms with Gasteiger partial charge in [-0.2, -0.15) is 13.2 Å². The molecule has 9 heteroatoms. The topological polar surface area (TPSA) is 69.0 Å². The summed E-state index contributed by atoms with van der Waals surface area (Å²) in [6, 6.07) is 8.96. The van der Waals surface area contributed by atoms with Crippen molar-refractivity contribution in [2.45, 2.75) is 24.5 Å². The molecule has 1 aromatic heterocycles. The SMILES string of the molecule is CCS(=O)(=O)c1ccccc1Cn1cnc2ccc(C(F)(F)F)cc2c1=O. The second-order valence-electron chi connectivity index (χ2n) is 5.92. The molecule has 3 aromatic rings. The molecule has 0 saturated carbocycles. The number of nitrogens with zero attached hydrogens (tertiary/aromatic N) is 2. The van der Waals surface area contributed by atoms with Gasteiger partial charge in [0, 0.05) is 0 Å². The molecule has 0 amide bonds. The number of aromatic nitrogens is 2. The Morgan fingerprint density at radius 1 is 1.11 bits per heavy atom. The molecule has 0 bridgehead atoms. The monoisotopic (exact) mass is 396 g/mol. The zero-order valence-electron chi connectivity index (χ0n) is 14.2. The summed E-state index contributed by atoms with van der Waals surface area (Å²) in [6.45, 7) is 1.39. The molecule has 0 N–H and O–H groups in total. The Hall–Kier alpha value is -2.68.